The molecule has 0 aliphatic carbocycles. The number of benzene rings is 2. The number of aliphatic hydroxyl groups is 1. The number of hydrogen-bond donors (Lipinski definition) is 2. The lowest BCUT2D eigenvalue weighted by Crippen LogP contribution is -2.44. The van der Waals surface area contributed by atoms with Crippen LogP contribution in [0.2, 0.25) is 0 Å². The van der Waals surface area contributed by atoms with Gasteiger partial charge in [-0.25, -0.2) is 4.98 Å². The Bertz CT molecular complexity index is 1050. The zero-order valence-electron chi connectivity index (χ0n) is 18.6. The van der Waals surface area contributed by atoms with E-state index in [0.29, 0.717) is 5.01 Å². The summed E-state index contributed by atoms with van der Waals surface area (Å²) in [5.74, 6) is -0.251. The molecule has 1 unspecified atom stereocenters. The first-order valence-electron chi connectivity index (χ1n) is 11.0. The number of aromatic nitrogens is 1. The molecule has 168 valence electrons. The Morgan fingerprint density at radius 2 is 1.88 bits per heavy atom. The van der Waals surface area contributed by atoms with Crippen molar-refractivity contribution in [3.05, 3.63) is 81.3 Å². The highest BCUT2D eigenvalue weighted by atomic mass is 32.1. The van der Waals surface area contributed by atoms with Crippen LogP contribution in [-0.4, -0.2) is 60.7 Å². The van der Waals surface area contributed by atoms with Crippen molar-refractivity contribution < 1.29 is 9.90 Å². The summed E-state index contributed by atoms with van der Waals surface area (Å²) in [5, 5.41) is 13.1. The van der Waals surface area contributed by atoms with Crippen LogP contribution < -0.4 is 10.2 Å². The van der Waals surface area contributed by atoms with Gasteiger partial charge in [0.2, 0.25) is 0 Å². The minimum atomic E-state index is -0.448. The van der Waals surface area contributed by atoms with E-state index in [0.717, 1.165) is 48.7 Å². The van der Waals surface area contributed by atoms with Crippen molar-refractivity contribution in [2.24, 2.45) is 0 Å². The summed E-state index contributed by atoms with van der Waals surface area (Å²) in [6.07, 6.45) is 0.750. The Morgan fingerprint density at radius 1 is 1.12 bits per heavy atom. The smallest absolute Gasteiger partial charge is 0.280 e. The number of nitrogens with one attached hydrogen (secondary N) is 1. The Labute approximate surface area is 193 Å². The molecule has 1 fully saturated rings. The number of piperazine rings is 1. The van der Waals surface area contributed by atoms with Gasteiger partial charge < -0.3 is 20.2 Å². The average Bonchev–Trinajstić information content (AvgIpc) is 3.18. The van der Waals surface area contributed by atoms with E-state index in [-0.39, 0.29) is 12.5 Å². The van der Waals surface area contributed by atoms with E-state index in [1.165, 1.54) is 22.6 Å². The van der Waals surface area contributed by atoms with E-state index < -0.39 is 6.04 Å². The predicted molar refractivity (Wildman–Crippen MR) is 130 cm³/mol. The minimum Gasteiger partial charge on any atom is -0.394 e. The van der Waals surface area contributed by atoms with Crippen molar-refractivity contribution in [3.63, 3.8) is 0 Å². The first-order chi connectivity index (χ1) is 15.5. The number of nitrogens with zero attached hydrogens (tertiary/aromatic N) is 3. The van der Waals surface area contributed by atoms with Gasteiger partial charge in [-0.1, -0.05) is 42.5 Å². The predicted octanol–water partition coefficient (Wildman–Crippen LogP) is 3.26. The lowest BCUT2D eigenvalue weighted by Gasteiger charge is -2.34. The highest BCUT2D eigenvalue weighted by molar-refractivity contribution is 7.13. The molecule has 1 atom stereocenters. The Morgan fingerprint density at radius 3 is 2.59 bits per heavy atom. The van der Waals surface area contributed by atoms with Crippen molar-refractivity contribution in [2.75, 3.05) is 44.7 Å². The lowest BCUT2D eigenvalue weighted by atomic mass is 10.1. The number of carbonyl (C=O) groups excluding carboxylic acids is 1. The number of aliphatic hydroxyl groups excluding tert-OH is 1. The molecule has 0 bridgehead atoms. The quantitative estimate of drug-likeness (QED) is 0.578. The van der Waals surface area contributed by atoms with E-state index in [4.69, 9.17) is 0 Å². The van der Waals surface area contributed by atoms with Crippen molar-refractivity contribution >= 4 is 22.9 Å². The molecular formula is C25H30N4O2S. The van der Waals surface area contributed by atoms with Crippen LogP contribution in [0.5, 0.6) is 0 Å². The highest BCUT2D eigenvalue weighted by Gasteiger charge is 2.20. The topological polar surface area (TPSA) is 68.7 Å². The summed E-state index contributed by atoms with van der Waals surface area (Å²) < 4.78 is 0. The monoisotopic (exact) mass is 450 g/mol. The third-order valence-corrected chi connectivity index (χ3v) is 7.08. The second kappa shape index (κ2) is 10.3. The van der Waals surface area contributed by atoms with E-state index in [2.05, 4.69) is 51.4 Å². The summed E-state index contributed by atoms with van der Waals surface area (Å²) in [5.41, 5.74) is 4.23. The molecule has 1 aliphatic heterocycles. The Hall–Kier alpha value is -2.74. The molecule has 7 heteroatoms. The van der Waals surface area contributed by atoms with Gasteiger partial charge in [-0.05, 0) is 37.2 Å². The number of hydrogen-bond acceptors (Lipinski definition) is 6. The van der Waals surface area contributed by atoms with Gasteiger partial charge in [-0.2, -0.15) is 0 Å². The second-order valence-electron chi connectivity index (χ2n) is 8.28. The van der Waals surface area contributed by atoms with E-state index in [1.807, 2.05) is 37.3 Å². The van der Waals surface area contributed by atoms with Crippen LogP contribution in [0.3, 0.4) is 0 Å². The van der Waals surface area contributed by atoms with Crippen molar-refractivity contribution in [1.82, 2.24) is 15.2 Å². The van der Waals surface area contributed by atoms with Gasteiger partial charge in [-0.15, -0.1) is 11.3 Å². The molecule has 6 nitrogen and oxygen atoms in total. The fourth-order valence-corrected chi connectivity index (χ4v) is 4.94. The maximum Gasteiger partial charge on any atom is 0.280 e. The maximum absolute atomic E-state index is 12.8. The fraction of sp³-hybridized carbons (Fsp3) is 0.360. The van der Waals surface area contributed by atoms with Crippen molar-refractivity contribution in [1.29, 1.82) is 0 Å². The molecular weight excluding hydrogens is 420 g/mol. The fourth-order valence-electron chi connectivity index (χ4n) is 3.94. The van der Waals surface area contributed by atoms with Crippen LogP contribution in [0.15, 0.2) is 54.6 Å². The standard InChI is InChI=1S/C25H30N4O2S/c1-18-23(16-19-7-6-10-21(15-19)29-13-11-28(2)12-14-29)32-25(26-18)24(31)27-22(17-30)20-8-4-3-5-9-20/h3-10,15,22,30H,11-14,16-17H2,1-2H3,(H,27,31). The van der Waals surface area contributed by atoms with Crippen molar-refractivity contribution in [2.45, 2.75) is 19.4 Å². The van der Waals surface area contributed by atoms with Crippen LogP contribution in [-0.2, 0) is 6.42 Å². The summed E-state index contributed by atoms with van der Waals surface area (Å²) in [7, 11) is 2.16. The van der Waals surface area contributed by atoms with Gasteiger partial charge in [-0.3, -0.25) is 4.79 Å². The molecule has 1 saturated heterocycles. The second-order valence-corrected chi connectivity index (χ2v) is 9.37. The van der Waals surface area contributed by atoms with Crippen LogP contribution in [0.1, 0.15) is 37.5 Å². The molecule has 4 rings (SSSR count). The number of carbonyl (C=O) groups is 1. The summed E-state index contributed by atoms with van der Waals surface area (Å²) in [4.78, 5) is 23.2. The molecule has 1 aliphatic rings. The van der Waals surface area contributed by atoms with E-state index in [1.54, 1.807) is 0 Å². The molecule has 2 N–H and O–H groups in total. The molecule has 0 saturated carbocycles. The summed E-state index contributed by atoms with van der Waals surface area (Å²) in [6.45, 7) is 6.03. The molecule has 1 aromatic heterocycles. The first kappa shape index (κ1) is 22.5. The molecule has 0 radical (unpaired) electrons. The zero-order valence-corrected chi connectivity index (χ0v) is 19.4. The number of anilines is 1. The highest BCUT2D eigenvalue weighted by Crippen LogP contribution is 2.25. The van der Waals surface area contributed by atoms with Gasteiger partial charge in [0.15, 0.2) is 5.01 Å². The van der Waals surface area contributed by atoms with Crippen molar-refractivity contribution in [3.8, 4) is 0 Å². The van der Waals surface area contributed by atoms with Gasteiger partial charge in [0.1, 0.15) is 0 Å². The maximum atomic E-state index is 12.8. The number of thiazole rings is 1. The Balaban J connectivity index is 1.44. The molecule has 1 amide bonds. The normalized spacial score (nSPS) is 15.5. The van der Waals surface area contributed by atoms with Gasteiger partial charge >= 0.3 is 0 Å². The zero-order chi connectivity index (χ0) is 22.5. The molecule has 2 aromatic carbocycles. The number of aryl methyl sites for hydroxylation is 1. The van der Waals surface area contributed by atoms with Crippen LogP contribution in [0.4, 0.5) is 5.69 Å². The third-order valence-electron chi connectivity index (χ3n) is 5.92. The van der Waals surface area contributed by atoms with Crippen LogP contribution in [0.25, 0.3) is 0 Å². The third kappa shape index (κ3) is 5.35. The van der Waals surface area contributed by atoms with Gasteiger partial charge in [0.05, 0.1) is 18.3 Å². The number of amides is 1. The van der Waals surface area contributed by atoms with Gasteiger partial charge in [0, 0.05) is 43.2 Å². The number of likely N-dealkylation sites (N-methyl/N-ethyl adjacent to an activating group) is 1. The molecule has 3 aromatic rings. The molecule has 0 spiro atoms. The SMILES string of the molecule is Cc1nc(C(=O)NC(CO)c2ccccc2)sc1Cc1cccc(N2CCN(C)CC2)c1. The minimum absolute atomic E-state index is 0.161. The molecule has 32 heavy (non-hydrogen) atoms. The summed E-state index contributed by atoms with van der Waals surface area (Å²) >= 11 is 1.43. The average molecular weight is 451 g/mol. The van der Waals surface area contributed by atoms with E-state index in [9.17, 15) is 9.90 Å². The summed E-state index contributed by atoms with van der Waals surface area (Å²) in [6, 6.07) is 17.7. The first-order valence-corrected chi connectivity index (χ1v) is 11.8. The van der Waals surface area contributed by atoms with Crippen LogP contribution >= 0.6 is 11.3 Å². The van der Waals surface area contributed by atoms with E-state index >= 15 is 0 Å². The van der Waals surface area contributed by atoms with Crippen LogP contribution in [0, 0.1) is 6.92 Å². The lowest BCUT2D eigenvalue weighted by molar-refractivity contribution is 0.0915. The van der Waals surface area contributed by atoms with Gasteiger partial charge in [0.25, 0.3) is 5.91 Å². The Kier molecular flexibility index (Phi) is 7.19. The number of rotatable bonds is 7. The largest absolute Gasteiger partial charge is 0.394 e. The molecule has 2 heterocycles.